The van der Waals surface area contributed by atoms with Gasteiger partial charge in [-0.15, -0.1) is 0 Å². The Bertz CT molecular complexity index is 710. The van der Waals surface area contributed by atoms with Crippen LogP contribution in [-0.4, -0.2) is 46.3 Å². The first-order valence-corrected chi connectivity index (χ1v) is 8.71. The third-order valence-corrected chi connectivity index (χ3v) is 4.45. The molecule has 130 valence electrons. The number of hydrogen-bond acceptors (Lipinski definition) is 4. The van der Waals surface area contributed by atoms with Gasteiger partial charge in [0.1, 0.15) is 5.82 Å². The summed E-state index contributed by atoms with van der Waals surface area (Å²) in [7, 11) is 0. The van der Waals surface area contributed by atoms with Crippen molar-refractivity contribution in [2.45, 2.75) is 45.8 Å². The van der Waals surface area contributed by atoms with Crippen LogP contribution < -0.4 is 5.32 Å². The lowest BCUT2D eigenvalue weighted by molar-refractivity contribution is 0.115. The summed E-state index contributed by atoms with van der Waals surface area (Å²) in [6.07, 6.45) is 0.733. The van der Waals surface area contributed by atoms with Crippen molar-refractivity contribution in [1.29, 1.82) is 0 Å². The van der Waals surface area contributed by atoms with Crippen molar-refractivity contribution < 1.29 is 9.53 Å². The highest BCUT2D eigenvalue weighted by Crippen LogP contribution is 2.21. The third-order valence-electron chi connectivity index (χ3n) is 4.45. The Morgan fingerprint density at radius 1 is 1.42 bits per heavy atom. The molecule has 0 saturated carbocycles. The van der Waals surface area contributed by atoms with Gasteiger partial charge in [-0.1, -0.05) is 12.1 Å². The van der Waals surface area contributed by atoms with E-state index < -0.39 is 0 Å². The van der Waals surface area contributed by atoms with E-state index in [9.17, 15) is 4.79 Å². The molecule has 2 aromatic rings. The maximum absolute atomic E-state index is 11.8. The van der Waals surface area contributed by atoms with Crippen LogP contribution in [0.2, 0.25) is 0 Å². The van der Waals surface area contributed by atoms with E-state index in [2.05, 4.69) is 35.9 Å². The number of benzene rings is 1. The average molecular weight is 330 g/mol. The zero-order valence-electron chi connectivity index (χ0n) is 14.7. The van der Waals surface area contributed by atoms with Crippen LogP contribution in [0, 0.1) is 0 Å². The monoisotopic (exact) mass is 330 g/mol. The van der Waals surface area contributed by atoms with E-state index in [0.717, 1.165) is 24.3 Å². The molecule has 1 unspecified atom stereocenters. The summed E-state index contributed by atoms with van der Waals surface area (Å²) < 4.78 is 7.35. The number of amides is 1. The first-order valence-electron chi connectivity index (χ1n) is 8.71. The molecule has 1 atom stereocenters. The molecule has 1 N–H and O–H groups in total. The first kappa shape index (κ1) is 16.8. The molecule has 6 nitrogen and oxygen atoms in total. The number of rotatable bonds is 5. The molecule has 1 aliphatic rings. The minimum Gasteiger partial charge on any atom is -0.450 e. The van der Waals surface area contributed by atoms with Crippen molar-refractivity contribution in [3.05, 3.63) is 30.1 Å². The molecule has 1 fully saturated rings. The number of para-hydroxylation sites is 2. The van der Waals surface area contributed by atoms with Gasteiger partial charge in [-0.2, -0.15) is 0 Å². The number of aromatic nitrogens is 2. The number of fused-ring (bicyclic) bond motifs is 1. The van der Waals surface area contributed by atoms with Gasteiger partial charge in [0.2, 0.25) is 0 Å². The van der Waals surface area contributed by atoms with Gasteiger partial charge in [0, 0.05) is 25.2 Å². The van der Waals surface area contributed by atoms with E-state index in [0.29, 0.717) is 25.7 Å². The lowest BCUT2D eigenvalue weighted by Gasteiger charge is -2.17. The second kappa shape index (κ2) is 7.21. The molecule has 1 amide bonds. The summed E-state index contributed by atoms with van der Waals surface area (Å²) in [5, 5.41) is 3.55. The molecule has 0 radical (unpaired) electrons. The number of nitrogens with one attached hydrogen (secondary N) is 1. The van der Waals surface area contributed by atoms with Gasteiger partial charge in [-0.3, -0.25) is 0 Å². The fourth-order valence-corrected chi connectivity index (χ4v) is 3.34. The zero-order valence-corrected chi connectivity index (χ0v) is 14.7. The van der Waals surface area contributed by atoms with Gasteiger partial charge in [-0.25, -0.2) is 9.78 Å². The molecule has 0 bridgehead atoms. The van der Waals surface area contributed by atoms with Gasteiger partial charge < -0.3 is 19.5 Å². The summed E-state index contributed by atoms with van der Waals surface area (Å²) in [4.78, 5) is 18.3. The van der Waals surface area contributed by atoms with Crippen LogP contribution in [0.3, 0.4) is 0 Å². The van der Waals surface area contributed by atoms with Crippen molar-refractivity contribution in [3.8, 4) is 0 Å². The highest BCUT2D eigenvalue weighted by Gasteiger charge is 2.27. The predicted molar refractivity (Wildman–Crippen MR) is 94.0 cm³/mol. The van der Waals surface area contributed by atoms with E-state index >= 15 is 0 Å². The highest BCUT2D eigenvalue weighted by atomic mass is 16.6. The predicted octanol–water partition coefficient (Wildman–Crippen LogP) is 2.94. The molecule has 6 heteroatoms. The van der Waals surface area contributed by atoms with Crippen molar-refractivity contribution in [2.24, 2.45) is 0 Å². The van der Waals surface area contributed by atoms with Gasteiger partial charge in [0.15, 0.2) is 0 Å². The molecule has 1 saturated heterocycles. The van der Waals surface area contributed by atoms with Crippen molar-refractivity contribution in [3.63, 3.8) is 0 Å². The number of carbonyl (C=O) groups is 1. The van der Waals surface area contributed by atoms with Crippen LogP contribution in [0.5, 0.6) is 0 Å². The van der Waals surface area contributed by atoms with Crippen LogP contribution >= 0.6 is 0 Å². The van der Waals surface area contributed by atoms with Gasteiger partial charge in [0.25, 0.3) is 0 Å². The summed E-state index contributed by atoms with van der Waals surface area (Å²) in [5.74, 6) is 1.04. The summed E-state index contributed by atoms with van der Waals surface area (Å²) >= 11 is 0. The molecule has 1 aromatic heterocycles. The number of carbonyl (C=O) groups excluding carboxylic acids is 1. The maximum atomic E-state index is 11.8. The molecular weight excluding hydrogens is 304 g/mol. The Kier molecular flexibility index (Phi) is 5.04. The number of imidazole rings is 1. The second-order valence-electron chi connectivity index (χ2n) is 6.49. The van der Waals surface area contributed by atoms with Gasteiger partial charge in [-0.05, 0) is 39.3 Å². The first-order chi connectivity index (χ1) is 11.6. The zero-order chi connectivity index (χ0) is 17.1. The largest absolute Gasteiger partial charge is 0.450 e. The highest BCUT2D eigenvalue weighted by molar-refractivity contribution is 5.76. The number of hydrogen-bond donors (Lipinski definition) is 1. The van der Waals surface area contributed by atoms with E-state index in [1.807, 2.05) is 19.1 Å². The Balaban J connectivity index is 1.66. The lowest BCUT2D eigenvalue weighted by atomic mass is 10.2. The molecule has 1 aliphatic heterocycles. The minimum absolute atomic E-state index is 0.212. The topological polar surface area (TPSA) is 59.4 Å². The van der Waals surface area contributed by atoms with Gasteiger partial charge >= 0.3 is 6.09 Å². The Morgan fingerprint density at radius 2 is 2.21 bits per heavy atom. The molecule has 1 aromatic carbocycles. The van der Waals surface area contributed by atoms with Crippen molar-refractivity contribution in [2.75, 3.05) is 19.7 Å². The lowest BCUT2D eigenvalue weighted by Crippen LogP contribution is -2.35. The molecular formula is C18H26N4O2. The molecule has 0 spiro atoms. The SMILES string of the molecule is CCOC(=O)N1CCC(NCc2nc3ccccc3n2C(C)C)C1. The maximum Gasteiger partial charge on any atom is 0.409 e. The summed E-state index contributed by atoms with van der Waals surface area (Å²) in [6, 6.07) is 8.88. The Hall–Kier alpha value is -2.08. The summed E-state index contributed by atoms with van der Waals surface area (Å²) in [5.41, 5.74) is 2.20. The normalized spacial score (nSPS) is 17.8. The van der Waals surface area contributed by atoms with Crippen LogP contribution in [0.1, 0.15) is 39.1 Å². The van der Waals surface area contributed by atoms with Crippen LogP contribution in [0.4, 0.5) is 4.79 Å². The second-order valence-corrected chi connectivity index (χ2v) is 6.49. The van der Waals surface area contributed by atoms with Crippen LogP contribution in [0.15, 0.2) is 24.3 Å². The van der Waals surface area contributed by atoms with E-state index in [4.69, 9.17) is 9.72 Å². The fourth-order valence-electron chi connectivity index (χ4n) is 3.34. The molecule has 24 heavy (non-hydrogen) atoms. The molecule has 0 aliphatic carbocycles. The van der Waals surface area contributed by atoms with Crippen molar-refractivity contribution in [1.82, 2.24) is 19.8 Å². The quantitative estimate of drug-likeness (QED) is 0.916. The standard InChI is InChI=1S/C18H26N4O2/c1-4-24-18(23)21-10-9-14(12-21)19-11-17-20-15-7-5-6-8-16(15)22(17)13(2)3/h5-8,13-14,19H,4,9-12H2,1-3H3. The third kappa shape index (κ3) is 3.38. The van der Waals surface area contributed by atoms with E-state index in [1.54, 1.807) is 4.90 Å². The number of nitrogens with zero attached hydrogens (tertiary/aromatic N) is 3. The van der Waals surface area contributed by atoms with E-state index in [-0.39, 0.29) is 12.1 Å². The summed E-state index contributed by atoms with van der Waals surface area (Å²) in [6.45, 7) is 8.75. The smallest absolute Gasteiger partial charge is 0.409 e. The van der Waals surface area contributed by atoms with Crippen LogP contribution in [-0.2, 0) is 11.3 Å². The van der Waals surface area contributed by atoms with Gasteiger partial charge in [0.05, 0.1) is 24.2 Å². The van der Waals surface area contributed by atoms with Crippen LogP contribution in [0.25, 0.3) is 11.0 Å². The fraction of sp³-hybridized carbons (Fsp3) is 0.556. The number of ether oxygens (including phenoxy) is 1. The number of likely N-dealkylation sites (tertiary alicyclic amines) is 1. The Labute approximate surface area is 142 Å². The molecule has 2 heterocycles. The Morgan fingerprint density at radius 3 is 2.96 bits per heavy atom. The average Bonchev–Trinajstić information content (AvgIpc) is 3.17. The minimum atomic E-state index is -0.212. The van der Waals surface area contributed by atoms with Crippen molar-refractivity contribution >= 4 is 17.1 Å². The van der Waals surface area contributed by atoms with E-state index in [1.165, 1.54) is 5.52 Å². The molecule has 3 rings (SSSR count).